The van der Waals surface area contributed by atoms with E-state index in [0.717, 1.165) is 32.1 Å². The molecule has 0 spiro atoms. The Morgan fingerprint density at radius 2 is 1.39 bits per heavy atom. The van der Waals surface area contributed by atoms with Crippen molar-refractivity contribution in [2.45, 2.75) is 64.2 Å². The van der Waals surface area contributed by atoms with Crippen LogP contribution in [0.3, 0.4) is 0 Å². The van der Waals surface area contributed by atoms with Crippen molar-refractivity contribution in [3.63, 3.8) is 0 Å². The normalized spacial score (nSPS) is 10.0. The van der Waals surface area contributed by atoms with Crippen LogP contribution in [0.25, 0.3) is 0 Å². The molecule has 0 amide bonds. The molecule has 0 heterocycles. The van der Waals surface area contributed by atoms with Gasteiger partial charge >= 0.3 is 5.97 Å². The molecule has 0 atom stereocenters. The summed E-state index contributed by atoms with van der Waals surface area (Å²) in [6.45, 7) is 7.87. The molecule has 0 aliphatic rings. The number of rotatable bonds is 13. The quantitative estimate of drug-likeness (QED) is 0.267. The molecule has 0 aliphatic carbocycles. The summed E-state index contributed by atoms with van der Waals surface area (Å²) in [7, 11) is 0. The van der Waals surface area contributed by atoms with Crippen molar-refractivity contribution >= 4 is 5.97 Å². The fourth-order valence-electron chi connectivity index (χ4n) is 1.75. The van der Waals surface area contributed by atoms with Crippen molar-refractivity contribution in [3.8, 4) is 0 Å². The van der Waals surface area contributed by atoms with E-state index in [9.17, 15) is 4.79 Å². The van der Waals surface area contributed by atoms with Crippen molar-refractivity contribution in [3.05, 3.63) is 25.3 Å². The van der Waals surface area contributed by atoms with E-state index in [1.165, 1.54) is 25.7 Å². The lowest BCUT2D eigenvalue weighted by Crippen LogP contribution is -2.05. The molecule has 0 aromatic carbocycles. The van der Waals surface area contributed by atoms with Crippen LogP contribution in [0.5, 0.6) is 0 Å². The first-order valence-electron chi connectivity index (χ1n) is 7.18. The summed E-state index contributed by atoms with van der Waals surface area (Å²) in [6, 6.07) is 0. The highest BCUT2D eigenvalue weighted by Gasteiger charge is 2.01. The third-order valence-corrected chi connectivity index (χ3v) is 2.85. The maximum absolute atomic E-state index is 11.3. The second-order valence-corrected chi connectivity index (χ2v) is 4.60. The minimum atomic E-state index is -0.0503. The van der Waals surface area contributed by atoms with E-state index in [4.69, 9.17) is 4.74 Å². The van der Waals surface area contributed by atoms with Gasteiger partial charge in [-0.05, 0) is 32.1 Å². The van der Waals surface area contributed by atoms with Crippen LogP contribution in [0.15, 0.2) is 25.3 Å². The first-order chi connectivity index (χ1) is 8.81. The van der Waals surface area contributed by atoms with Gasteiger partial charge in [-0.25, -0.2) is 0 Å². The Kier molecular flexibility index (Phi) is 13.2. The van der Waals surface area contributed by atoms with E-state index in [1.807, 2.05) is 12.2 Å². The average molecular weight is 252 g/mol. The van der Waals surface area contributed by atoms with Crippen LogP contribution in [-0.4, -0.2) is 12.6 Å². The first-order valence-corrected chi connectivity index (χ1v) is 7.18. The van der Waals surface area contributed by atoms with Crippen molar-refractivity contribution in [1.29, 1.82) is 0 Å². The van der Waals surface area contributed by atoms with Crippen LogP contribution in [-0.2, 0) is 9.53 Å². The van der Waals surface area contributed by atoms with Gasteiger partial charge in [0, 0.05) is 6.42 Å². The van der Waals surface area contributed by atoms with Gasteiger partial charge in [0.05, 0.1) is 6.61 Å². The van der Waals surface area contributed by atoms with Crippen molar-refractivity contribution < 1.29 is 9.53 Å². The maximum Gasteiger partial charge on any atom is 0.305 e. The van der Waals surface area contributed by atoms with Crippen LogP contribution >= 0.6 is 0 Å². The van der Waals surface area contributed by atoms with Crippen molar-refractivity contribution in [2.24, 2.45) is 0 Å². The number of carbonyl (C=O) groups excluding carboxylic acids is 1. The molecule has 0 aliphatic heterocycles. The van der Waals surface area contributed by atoms with Crippen LogP contribution < -0.4 is 0 Å². The second kappa shape index (κ2) is 14.0. The molecule has 2 nitrogen and oxygen atoms in total. The van der Waals surface area contributed by atoms with Gasteiger partial charge in [0.2, 0.25) is 0 Å². The van der Waals surface area contributed by atoms with Gasteiger partial charge in [0.25, 0.3) is 0 Å². The lowest BCUT2D eigenvalue weighted by Gasteiger charge is -2.04. The molecule has 18 heavy (non-hydrogen) atoms. The molecule has 0 fully saturated rings. The predicted molar refractivity (Wildman–Crippen MR) is 77.5 cm³/mol. The van der Waals surface area contributed by atoms with E-state index >= 15 is 0 Å². The minimum Gasteiger partial charge on any atom is -0.466 e. The zero-order valence-electron chi connectivity index (χ0n) is 11.7. The van der Waals surface area contributed by atoms with Gasteiger partial charge in [0.15, 0.2) is 0 Å². The van der Waals surface area contributed by atoms with Gasteiger partial charge in [-0.3, -0.25) is 4.79 Å². The summed E-state index contributed by atoms with van der Waals surface area (Å²) < 4.78 is 5.11. The third kappa shape index (κ3) is 13.0. The molecule has 0 saturated carbocycles. The van der Waals surface area contributed by atoms with Crippen molar-refractivity contribution in [1.82, 2.24) is 0 Å². The number of ether oxygens (including phenoxy) is 1. The van der Waals surface area contributed by atoms with Crippen LogP contribution in [0.4, 0.5) is 0 Å². The Hall–Kier alpha value is -1.05. The standard InChI is InChI=1S/C16H28O2/c1-3-5-7-8-9-10-11-12-14-16(17)18-15-13-6-4-2/h3-4H,1-2,5-15H2. The third-order valence-electron chi connectivity index (χ3n) is 2.85. The Labute approximate surface area is 112 Å². The average Bonchev–Trinajstić information content (AvgIpc) is 2.38. The van der Waals surface area contributed by atoms with Gasteiger partial charge in [-0.1, -0.05) is 37.8 Å². The highest BCUT2D eigenvalue weighted by molar-refractivity contribution is 5.69. The first kappa shape index (κ1) is 16.9. The van der Waals surface area contributed by atoms with Crippen LogP contribution in [0, 0.1) is 0 Å². The van der Waals surface area contributed by atoms with Crippen LogP contribution in [0.2, 0.25) is 0 Å². The molecule has 104 valence electrons. The van der Waals surface area contributed by atoms with Gasteiger partial charge in [-0.15, -0.1) is 13.2 Å². The maximum atomic E-state index is 11.3. The van der Waals surface area contributed by atoms with E-state index in [-0.39, 0.29) is 5.97 Å². The zero-order chi connectivity index (χ0) is 13.5. The highest BCUT2D eigenvalue weighted by Crippen LogP contribution is 2.09. The molecule has 0 bridgehead atoms. The fraction of sp³-hybridized carbons (Fsp3) is 0.688. The number of unbranched alkanes of at least 4 members (excludes halogenated alkanes) is 7. The molecule has 2 heteroatoms. The van der Waals surface area contributed by atoms with Crippen molar-refractivity contribution in [2.75, 3.05) is 6.61 Å². The summed E-state index contributed by atoms with van der Waals surface area (Å²) in [5.41, 5.74) is 0. The summed E-state index contributed by atoms with van der Waals surface area (Å²) in [6.07, 6.45) is 14.4. The van der Waals surface area contributed by atoms with E-state index < -0.39 is 0 Å². The Bertz CT molecular complexity index is 221. The number of hydrogen-bond acceptors (Lipinski definition) is 2. The topological polar surface area (TPSA) is 26.3 Å². The zero-order valence-corrected chi connectivity index (χ0v) is 11.7. The lowest BCUT2D eigenvalue weighted by molar-refractivity contribution is -0.143. The number of esters is 1. The smallest absolute Gasteiger partial charge is 0.305 e. The molecule has 0 N–H and O–H groups in total. The second-order valence-electron chi connectivity index (χ2n) is 4.60. The van der Waals surface area contributed by atoms with E-state index in [2.05, 4.69) is 13.2 Å². The summed E-state index contributed by atoms with van der Waals surface area (Å²) in [5.74, 6) is -0.0503. The predicted octanol–water partition coefficient (Wildman–Crippen LogP) is 4.80. The molecule has 0 rings (SSSR count). The number of allylic oxidation sites excluding steroid dienone is 2. The highest BCUT2D eigenvalue weighted by atomic mass is 16.5. The van der Waals surface area contributed by atoms with Gasteiger partial charge < -0.3 is 4.74 Å². The van der Waals surface area contributed by atoms with E-state index in [0.29, 0.717) is 13.0 Å². The van der Waals surface area contributed by atoms with Gasteiger partial charge in [0.1, 0.15) is 0 Å². The largest absolute Gasteiger partial charge is 0.466 e. The summed E-state index contributed by atoms with van der Waals surface area (Å²) in [5, 5.41) is 0. The lowest BCUT2D eigenvalue weighted by atomic mass is 10.1. The number of hydrogen-bond donors (Lipinski definition) is 0. The molecule has 0 saturated heterocycles. The number of carbonyl (C=O) groups is 1. The molecular weight excluding hydrogens is 224 g/mol. The minimum absolute atomic E-state index is 0.0503. The Morgan fingerprint density at radius 3 is 2.06 bits per heavy atom. The van der Waals surface area contributed by atoms with Gasteiger partial charge in [-0.2, -0.15) is 0 Å². The fourth-order valence-corrected chi connectivity index (χ4v) is 1.75. The molecule has 0 unspecified atom stereocenters. The summed E-state index contributed by atoms with van der Waals surface area (Å²) in [4.78, 5) is 11.3. The summed E-state index contributed by atoms with van der Waals surface area (Å²) >= 11 is 0. The molecule has 0 aromatic rings. The monoisotopic (exact) mass is 252 g/mol. The molecular formula is C16H28O2. The Morgan fingerprint density at radius 1 is 0.833 bits per heavy atom. The molecule has 0 radical (unpaired) electrons. The SMILES string of the molecule is C=CCCCCCCCCC(=O)OCCCC=C. The Balaban J connectivity index is 3.14. The van der Waals surface area contributed by atoms with E-state index in [1.54, 1.807) is 0 Å². The van der Waals surface area contributed by atoms with Crippen LogP contribution in [0.1, 0.15) is 64.2 Å². The molecule has 0 aromatic heterocycles.